The van der Waals surface area contributed by atoms with Crippen LogP contribution in [0, 0.1) is 6.92 Å². The molecule has 1 N–H and O–H groups in total. The Morgan fingerprint density at radius 3 is 2.59 bits per heavy atom. The van der Waals surface area contributed by atoms with Gasteiger partial charge in [-0.1, -0.05) is 69.4 Å². The summed E-state index contributed by atoms with van der Waals surface area (Å²) in [7, 11) is 1.98. The van der Waals surface area contributed by atoms with Gasteiger partial charge in [0.15, 0.2) is 5.16 Å². The molecule has 0 saturated heterocycles. The first kappa shape index (κ1) is 25.3. The standard InChI is InChI=1S/C21H29ClN4S.C2H6/c1-7-23-11-12-27-21-24-16(4)20(17(5)25(6)15(2)3)26(21)14-18-9-8-10-19(22)13-18;1-2/h8-10,13,23H,2,5,7,11-12,14H2,1,3-4,6H3;1-2H3. The maximum absolute atomic E-state index is 6.19. The Hall–Kier alpha value is -1.69. The first-order valence-electron chi connectivity index (χ1n) is 10.1. The summed E-state index contributed by atoms with van der Waals surface area (Å²) in [5.74, 6) is 0.960. The van der Waals surface area contributed by atoms with Crippen LogP contribution in [0.25, 0.3) is 5.70 Å². The Kier molecular flexibility index (Phi) is 11.2. The van der Waals surface area contributed by atoms with Gasteiger partial charge in [-0.25, -0.2) is 4.98 Å². The number of imidazole rings is 1. The molecule has 0 aliphatic carbocycles. The van der Waals surface area contributed by atoms with Crippen molar-refractivity contribution in [3.05, 3.63) is 65.1 Å². The number of aromatic nitrogens is 2. The summed E-state index contributed by atoms with van der Waals surface area (Å²) in [5.41, 5.74) is 4.98. The maximum atomic E-state index is 6.19. The fraction of sp³-hybridized carbons (Fsp3) is 0.435. The highest BCUT2D eigenvalue weighted by molar-refractivity contribution is 7.99. The van der Waals surface area contributed by atoms with E-state index in [0.717, 1.165) is 57.4 Å². The average Bonchev–Trinajstić information content (AvgIpc) is 3.00. The van der Waals surface area contributed by atoms with Crippen molar-refractivity contribution >= 4 is 29.1 Å². The van der Waals surface area contributed by atoms with Crippen molar-refractivity contribution in [2.75, 3.05) is 25.9 Å². The molecule has 0 saturated carbocycles. The number of nitrogens with zero attached hydrogens (tertiary/aromatic N) is 3. The van der Waals surface area contributed by atoms with E-state index in [4.69, 9.17) is 16.6 Å². The van der Waals surface area contributed by atoms with Crippen LogP contribution in [0.5, 0.6) is 0 Å². The molecule has 0 radical (unpaired) electrons. The zero-order valence-corrected chi connectivity index (χ0v) is 20.3. The molecule has 0 spiro atoms. The highest BCUT2D eigenvalue weighted by atomic mass is 35.5. The van der Waals surface area contributed by atoms with Crippen LogP contribution in [-0.4, -0.2) is 40.3 Å². The first-order chi connectivity index (χ1) is 13.8. The summed E-state index contributed by atoms with van der Waals surface area (Å²) < 4.78 is 2.24. The van der Waals surface area contributed by atoms with Crippen molar-refractivity contribution in [2.45, 2.75) is 46.3 Å². The number of aryl methyl sites for hydroxylation is 1. The zero-order chi connectivity index (χ0) is 22.0. The summed E-state index contributed by atoms with van der Waals surface area (Å²) in [6.07, 6.45) is 0. The number of thioether (sulfide) groups is 1. The van der Waals surface area contributed by atoms with E-state index in [0.29, 0.717) is 6.54 Å². The van der Waals surface area contributed by atoms with Crippen molar-refractivity contribution in [2.24, 2.45) is 0 Å². The molecular formula is C23H35ClN4S. The molecule has 0 fully saturated rings. The lowest BCUT2D eigenvalue weighted by atomic mass is 10.2. The minimum Gasteiger partial charge on any atom is -0.348 e. The van der Waals surface area contributed by atoms with Gasteiger partial charge in [-0.15, -0.1) is 0 Å². The Morgan fingerprint density at radius 2 is 2.00 bits per heavy atom. The normalized spacial score (nSPS) is 10.3. The molecule has 0 aliphatic heterocycles. The van der Waals surface area contributed by atoms with E-state index in [1.54, 1.807) is 11.8 Å². The van der Waals surface area contributed by atoms with Crippen LogP contribution in [0.1, 0.15) is 44.6 Å². The zero-order valence-electron chi connectivity index (χ0n) is 18.7. The number of hydrogen-bond donors (Lipinski definition) is 1. The van der Waals surface area contributed by atoms with Crippen molar-refractivity contribution < 1.29 is 0 Å². The van der Waals surface area contributed by atoms with Gasteiger partial charge in [-0.3, -0.25) is 0 Å². The monoisotopic (exact) mass is 434 g/mol. The molecule has 1 heterocycles. The minimum atomic E-state index is 0.698. The fourth-order valence-electron chi connectivity index (χ4n) is 2.77. The molecule has 4 nitrogen and oxygen atoms in total. The third-order valence-corrected chi connectivity index (χ3v) is 5.56. The number of nitrogens with one attached hydrogen (secondary N) is 1. The quantitative estimate of drug-likeness (QED) is 0.364. The van der Waals surface area contributed by atoms with Crippen molar-refractivity contribution in [3.63, 3.8) is 0 Å². The van der Waals surface area contributed by atoms with E-state index >= 15 is 0 Å². The summed E-state index contributed by atoms with van der Waals surface area (Å²) in [4.78, 5) is 6.84. The molecule has 1 aromatic carbocycles. The molecule has 0 atom stereocenters. The Morgan fingerprint density at radius 1 is 1.31 bits per heavy atom. The Labute approximate surface area is 186 Å². The number of rotatable bonds is 10. The maximum Gasteiger partial charge on any atom is 0.169 e. The van der Waals surface area contributed by atoms with Crippen LogP contribution < -0.4 is 5.32 Å². The summed E-state index contributed by atoms with van der Waals surface area (Å²) in [6, 6.07) is 7.96. The van der Waals surface area contributed by atoms with Crippen molar-refractivity contribution in [3.8, 4) is 0 Å². The van der Waals surface area contributed by atoms with E-state index in [-0.39, 0.29) is 0 Å². The van der Waals surface area contributed by atoms with E-state index in [1.165, 1.54) is 0 Å². The second kappa shape index (κ2) is 12.8. The van der Waals surface area contributed by atoms with Crippen LogP contribution in [-0.2, 0) is 6.54 Å². The molecule has 0 aliphatic rings. The van der Waals surface area contributed by atoms with E-state index in [9.17, 15) is 0 Å². The van der Waals surface area contributed by atoms with Gasteiger partial charge >= 0.3 is 0 Å². The number of hydrogen-bond acceptors (Lipinski definition) is 4. The molecule has 160 valence electrons. The second-order valence-corrected chi connectivity index (χ2v) is 7.99. The molecule has 0 unspecified atom stereocenters. The molecule has 2 rings (SSSR count). The van der Waals surface area contributed by atoms with Gasteiger partial charge in [0.05, 0.1) is 23.6 Å². The van der Waals surface area contributed by atoms with Crippen LogP contribution in [0.15, 0.2) is 48.3 Å². The van der Waals surface area contributed by atoms with Crippen LogP contribution in [0.3, 0.4) is 0 Å². The van der Waals surface area contributed by atoms with Crippen LogP contribution in [0.2, 0.25) is 5.02 Å². The Balaban J connectivity index is 0.00000204. The highest BCUT2D eigenvalue weighted by Crippen LogP contribution is 2.29. The number of allylic oxidation sites excluding steroid dienone is 1. The predicted octanol–water partition coefficient (Wildman–Crippen LogP) is 6.06. The predicted molar refractivity (Wildman–Crippen MR) is 130 cm³/mol. The lowest BCUT2D eigenvalue weighted by molar-refractivity contribution is 0.585. The molecular weight excluding hydrogens is 400 g/mol. The second-order valence-electron chi connectivity index (χ2n) is 6.49. The number of halogens is 1. The molecule has 1 aromatic heterocycles. The van der Waals surface area contributed by atoms with Gasteiger partial charge in [0.1, 0.15) is 0 Å². The van der Waals surface area contributed by atoms with E-state index in [1.807, 2.05) is 57.8 Å². The van der Waals surface area contributed by atoms with Gasteiger partial charge in [0.2, 0.25) is 0 Å². The smallest absolute Gasteiger partial charge is 0.169 e. The van der Waals surface area contributed by atoms with Gasteiger partial charge in [-0.2, -0.15) is 0 Å². The third kappa shape index (κ3) is 7.25. The first-order valence-corrected chi connectivity index (χ1v) is 11.4. The SMILES string of the molecule is C=C(C)N(C)C(=C)c1c(C)nc(SCCNCC)n1Cc1cccc(Cl)c1.CC. The molecule has 2 aromatic rings. The minimum absolute atomic E-state index is 0.698. The summed E-state index contributed by atoms with van der Waals surface area (Å²) >= 11 is 7.95. The highest BCUT2D eigenvalue weighted by Gasteiger charge is 2.20. The molecule has 6 heteroatoms. The number of benzene rings is 1. The Bertz CT molecular complexity index is 813. The summed E-state index contributed by atoms with van der Waals surface area (Å²) in [5, 5.41) is 5.10. The van der Waals surface area contributed by atoms with Gasteiger partial charge < -0.3 is 14.8 Å². The van der Waals surface area contributed by atoms with Crippen molar-refractivity contribution in [1.82, 2.24) is 19.8 Å². The topological polar surface area (TPSA) is 33.1 Å². The van der Waals surface area contributed by atoms with Crippen molar-refractivity contribution in [1.29, 1.82) is 0 Å². The lowest BCUT2D eigenvalue weighted by Crippen LogP contribution is -2.18. The largest absolute Gasteiger partial charge is 0.348 e. The van der Waals surface area contributed by atoms with Gasteiger partial charge in [-0.05, 0) is 38.1 Å². The lowest BCUT2D eigenvalue weighted by Gasteiger charge is -2.23. The summed E-state index contributed by atoms with van der Waals surface area (Å²) in [6.45, 7) is 21.1. The fourth-order valence-corrected chi connectivity index (χ4v) is 3.92. The molecule has 0 amide bonds. The van der Waals surface area contributed by atoms with Gasteiger partial charge in [0, 0.05) is 30.1 Å². The molecule has 0 bridgehead atoms. The average molecular weight is 435 g/mol. The van der Waals surface area contributed by atoms with Crippen LogP contribution >= 0.6 is 23.4 Å². The van der Waals surface area contributed by atoms with Gasteiger partial charge in [0.25, 0.3) is 0 Å². The van der Waals surface area contributed by atoms with E-state index in [2.05, 4.69) is 36.0 Å². The molecule has 29 heavy (non-hydrogen) atoms. The third-order valence-electron chi connectivity index (χ3n) is 4.35. The van der Waals surface area contributed by atoms with Crippen LogP contribution in [0.4, 0.5) is 0 Å². The van der Waals surface area contributed by atoms with E-state index < -0.39 is 0 Å².